The number of ether oxygens (including phenoxy) is 1. The fourth-order valence-corrected chi connectivity index (χ4v) is 2.48. The summed E-state index contributed by atoms with van der Waals surface area (Å²) in [5.74, 6) is 0.882. The highest BCUT2D eigenvalue weighted by atomic mass is 16.5. The number of rotatable bonds is 4. The Bertz CT molecular complexity index is 442. The largest absolute Gasteiger partial charge is 0.426 e. The third kappa shape index (κ3) is 2.50. The summed E-state index contributed by atoms with van der Waals surface area (Å²) >= 11 is 0. The molecule has 0 saturated carbocycles. The molecule has 0 bridgehead atoms. The number of fused-ring (bicyclic) bond motifs is 1. The number of esters is 1. The normalized spacial score (nSPS) is 18.2. The van der Waals surface area contributed by atoms with E-state index in [1.165, 1.54) is 0 Å². The molecule has 2 rings (SSSR count). The molecule has 0 N–H and O–H groups in total. The number of carbonyl (C=O) groups excluding carboxylic acids is 1. The first-order chi connectivity index (χ1) is 8.65. The summed E-state index contributed by atoms with van der Waals surface area (Å²) < 4.78 is 5.35. The first kappa shape index (κ1) is 12.9. The van der Waals surface area contributed by atoms with E-state index in [4.69, 9.17) is 4.74 Å². The molecular formula is C15H21NO2. The van der Waals surface area contributed by atoms with Gasteiger partial charge in [0.1, 0.15) is 5.75 Å². The van der Waals surface area contributed by atoms with E-state index in [0.717, 1.165) is 36.5 Å². The summed E-state index contributed by atoms with van der Waals surface area (Å²) in [6.45, 7) is 8.38. The summed E-state index contributed by atoms with van der Waals surface area (Å²) in [6.07, 6.45) is 1.60. The van der Waals surface area contributed by atoms with Crippen LogP contribution in [0.15, 0.2) is 18.2 Å². The van der Waals surface area contributed by atoms with E-state index in [2.05, 4.69) is 37.8 Å². The molecule has 0 spiro atoms. The van der Waals surface area contributed by atoms with Gasteiger partial charge in [0.2, 0.25) is 0 Å². The molecule has 1 unspecified atom stereocenters. The number of carbonyl (C=O) groups is 1. The second kappa shape index (κ2) is 5.42. The molecule has 18 heavy (non-hydrogen) atoms. The van der Waals surface area contributed by atoms with Crippen LogP contribution in [0.25, 0.3) is 0 Å². The molecule has 1 aliphatic rings. The fraction of sp³-hybridized carbons (Fsp3) is 0.533. The fourth-order valence-electron chi connectivity index (χ4n) is 2.48. The third-order valence-corrected chi connectivity index (χ3v) is 3.47. The van der Waals surface area contributed by atoms with E-state index in [9.17, 15) is 4.79 Å². The molecule has 3 heteroatoms. The summed E-state index contributed by atoms with van der Waals surface area (Å²) in [4.78, 5) is 13.8. The minimum atomic E-state index is -0.120. The van der Waals surface area contributed by atoms with Crippen LogP contribution in [0.5, 0.6) is 5.75 Å². The van der Waals surface area contributed by atoms with Crippen LogP contribution in [0.1, 0.15) is 45.1 Å². The van der Waals surface area contributed by atoms with E-state index in [1.807, 2.05) is 6.07 Å². The summed E-state index contributed by atoms with van der Waals surface area (Å²) in [5, 5.41) is 0. The van der Waals surface area contributed by atoms with Gasteiger partial charge >= 0.3 is 5.97 Å². The van der Waals surface area contributed by atoms with E-state index >= 15 is 0 Å². The predicted octanol–water partition coefficient (Wildman–Crippen LogP) is 3.34. The Kier molecular flexibility index (Phi) is 3.90. The Balaban J connectivity index is 2.31. The van der Waals surface area contributed by atoms with Crippen molar-refractivity contribution in [3.63, 3.8) is 0 Å². The Morgan fingerprint density at radius 2 is 2.17 bits per heavy atom. The molecule has 0 aromatic heterocycles. The maximum absolute atomic E-state index is 11.5. The number of hydrogen-bond donors (Lipinski definition) is 0. The van der Waals surface area contributed by atoms with Gasteiger partial charge < -0.3 is 9.64 Å². The average molecular weight is 247 g/mol. The maximum Gasteiger partial charge on any atom is 0.311 e. The number of nitrogens with zero attached hydrogens (tertiary/aromatic N) is 1. The molecule has 0 amide bonds. The van der Waals surface area contributed by atoms with Gasteiger partial charge in [-0.15, -0.1) is 0 Å². The third-order valence-electron chi connectivity index (χ3n) is 3.47. The zero-order valence-corrected chi connectivity index (χ0v) is 11.4. The molecule has 1 atom stereocenters. The highest BCUT2D eigenvalue weighted by Gasteiger charge is 2.24. The van der Waals surface area contributed by atoms with Crippen molar-refractivity contribution in [3.8, 4) is 5.75 Å². The van der Waals surface area contributed by atoms with Crippen LogP contribution >= 0.6 is 0 Å². The van der Waals surface area contributed by atoms with Crippen LogP contribution in [-0.2, 0) is 4.79 Å². The minimum absolute atomic E-state index is 0.120. The van der Waals surface area contributed by atoms with Gasteiger partial charge in [0.15, 0.2) is 0 Å². The molecule has 98 valence electrons. The van der Waals surface area contributed by atoms with Crippen LogP contribution in [0.4, 0.5) is 5.69 Å². The van der Waals surface area contributed by atoms with Crippen molar-refractivity contribution >= 4 is 11.7 Å². The van der Waals surface area contributed by atoms with Gasteiger partial charge in [-0.3, -0.25) is 4.79 Å². The van der Waals surface area contributed by atoms with E-state index < -0.39 is 0 Å². The molecule has 0 fully saturated rings. The summed E-state index contributed by atoms with van der Waals surface area (Å²) in [7, 11) is 0. The Labute approximate surface area is 109 Å². The van der Waals surface area contributed by atoms with Gasteiger partial charge in [0.05, 0.1) is 6.42 Å². The highest BCUT2D eigenvalue weighted by molar-refractivity contribution is 5.77. The number of benzene rings is 1. The SMILES string of the molecule is CCCN(CC)c1ccc2c(c1)OC(=O)CC2C. The van der Waals surface area contributed by atoms with Crippen LogP contribution in [-0.4, -0.2) is 19.1 Å². The topological polar surface area (TPSA) is 29.5 Å². The second-order valence-corrected chi connectivity index (χ2v) is 4.88. The van der Waals surface area contributed by atoms with Gasteiger partial charge in [-0.25, -0.2) is 0 Å². The van der Waals surface area contributed by atoms with E-state index in [0.29, 0.717) is 6.42 Å². The quantitative estimate of drug-likeness (QED) is 0.603. The van der Waals surface area contributed by atoms with Crippen molar-refractivity contribution in [3.05, 3.63) is 23.8 Å². The Morgan fingerprint density at radius 3 is 2.83 bits per heavy atom. The first-order valence-electron chi connectivity index (χ1n) is 6.75. The second-order valence-electron chi connectivity index (χ2n) is 4.88. The van der Waals surface area contributed by atoms with Gasteiger partial charge in [0.25, 0.3) is 0 Å². The van der Waals surface area contributed by atoms with Crippen molar-refractivity contribution in [2.24, 2.45) is 0 Å². The number of hydrogen-bond acceptors (Lipinski definition) is 3. The molecule has 3 nitrogen and oxygen atoms in total. The molecular weight excluding hydrogens is 226 g/mol. The van der Waals surface area contributed by atoms with Crippen LogP contribution < -0.4 is 9.64 Å². The van der Waals surface area contributed by atoms with Gasteiger partial charge in [0, 0.05) is 24.8 Å². The summed E-state index contributed by atoms with van der Waals surface area (Å²) in [6, 6.07) is 6.23. The minimum Gasteiger partial charge on any atom is -0.426 e. The molecule has 1 aromatic carbocycles. The van der Waals surface area contributed by atoms with Crippen molar-refractivity contribution < 1.29 is 9.53 Å². The van der Waals surface area contributed by atoms with Crippen LogP contribution in [0.2, 0.25) is 0 Å². The first-order valence-corrected chi connectivity index (χ1v) is 6.75. The predicted molar refractivity (Wildman–Crippen MR) is 73.3 cm³/mol. The van der Waals surface area contributed by atoms with Crippen molar-refractivity contribution in [1.82, 2.24) is 0 Å². The lowest BCUT2D eigenvalue weighted by atomic mass is 9.94. The van der Waals surface area contributed by atoms with Gasteiger partial charge in [-0.05, 0) is 30.9 Å². The van der Waals surface area contributed by atoms with E-state index in [1.54, 1.807) is 0 Å². The standard InChI is InChI=1S/C15H21NO2/c1-4-8-16(5-2)12-6-7-13-11(3)9-15(17)18-14(13)10-12/h6-7,10-11H,4-5,8-9H2,1-3H3. The van der Waals surface area contributed by atoms with Crippen LogP contribution in [0, 0.1) is 0 Å². The molecule has 1 aromatic rings. The Hall–Kier alpha value is -1.51. The molecule has 0 aliphatic carbocycles. The summed E-state index contributed by atoms with van der Waals surface area (Å²) in [5.41, 5.74) is 2.28. The molecule has 0 saturated heterocycles. The van der Waals surface area contributed by atoms with Crippen molar-refractivity contribution in [2.75, 3.05) is 18.0 Å². The Morgan fingerprint density at radius 1 is 1.39 bits per heavy atom. The van der Waals surface area contributed by atoms with Crippen LogP contribution in [0.3, 0.4) is 0 Å². The maximum atomic E-state index is 11.5. The lowest BCUT2D eigenvalue weighted by molar-refractivity contribution is -0.135. The van der Waals surface area contributed by atoms with Gasteiger partial charge in [-0.2, -0.15) is 0 Å². The smallest absolute Gasteiger partial charge is 0.311 e. The van der Waals surface area contributed by atoms with Crippen molar-refractivity contribution in [1.29, 1.82) is 0 Å². The molecule has 1 heterocycles. The monoisotopic (exact) mass is 247 g/mol. The lowest BCUT2D eigenvalue weighted by Gasteiger charge is -2.26. The number of anilines is 1. The zero-order valence-electron chi connectivity index (χ0n) is 11.4. The average Bonchev–Trinajstić information content (AvgIpc) is 2.35. The van der Waals surface area contributed by atoms with E-state index in [-0.39, 0.29) is 11.9 Å². The van der Waals surface area contributed by atoms with Gasteiger partial charge in [-0.1, -0.05) is 19.9 Å². The molecule has 0 radical (unpaired) electrons. The molecule has 1 aliphatic heterocycles. The lowest BCUT2D eigenvalue weighted by Crippen LogP contribution is -2.24. The van der Waals surface area contributed by atoms with Crippen molar-refractivity contribution in [2.45, 2.75) is 39.5 Å². The zero-order chi connectivity index (χ0) is 13.1. The highest BCUT2D eigenvalue weighted by Crippen LogP contribution is 2.36.